The van der Waals surface area contributed by atoms with Crippen LogP contribution in [0.4, 0.5) is 0 Å². The van der Waals surface area contributed by atoms with Gasteiger partial charge in [-0.1, -0.05) is 13.8 Å². The van der Waals surface area contributed by atoms with Crippen molar-refractivity contribution in [3.05, 3.63) is 0 Å². The molecule has 0 rings (SSSR count). The molecule has 10 heavy (non-hydrogen) atoms. The van der Waals surface area contributed by atoms with Crippen LogP contribution in [0.1, 0.15) is 27.7 Å². The summed E-state index contributed by atoms with van der Waals surface area (Å²) in [6.45, 7) is 8.58. The second-order valence-electron chi connectivity index (χ2n) is 4.03. The summed E-state index contributed by atoms with van der Waals surface area (Å²) in [4.78, 5) is 0. The highest BCUT2D eigenvalue weighted by Gasteiger charge is 2.33. The summed E-state index contributed by atoms with van der Waals surface area (Å²) in [7, 11) is -1.40. The maximum Gasteiger partial charge on any atom is 0.0175 e. The van der Waals surface area contributed by atoms with Crippen LogP contribution in [-0.2, 0) is 0 Å². The van der Waals surface area contributed by atoms with Gasteiger partial charge in [0.2, 0.25) is 0 Å². The highest BCUT2D eigenvalue weighted by atomic mass is 32.3. The van der Waals surface area contributed by atoms with Gasteiger partial charge in [0.15, 0.2) is 0 Å². The van der Waals surface area contributed by atoms with Gasteiger partial charge in [-0.05, 0) is 32.3 Å². The molecule has 0 aliphatic rings. The lowest BCUT2D eigenvalue weighted by Gasteiger charge is -2.44. The molecule has 0 saturated carbocycles. The van der Waals surface area contributed by atoms with E-state index in [1.54, 1.807) is 0 Å². The van der Waals surface area contributed by atoms with Crippen LogP contribution in [0.15, 0.2) is 0 Å². The summed E-state index contributed by atoms with van der Waals surface area (Å²) in [5.74, 6) is 0.544. The van der Waals surface area contributed by atoms with Crippen LogP contribution in [0.5, 0.6) is 0 Å². The van der Waals surface area contributed by atoms with Crippen LogP contribution in [0.25, 0.3) is 0 Å². The van der Waals surface area contributed by atoms with E-state index in [1.807, 2.05) is 12.5 Å². The van der Waals surface area contributed by atoms with E-state index >= 15 is 0 Å². The van der Waals surface area contributed by atoms with Gasteiger partial charge in [0, 0.05) is 4.75 Å². The lowest BCUT2D eigenvalue weighted by molar-refractivity contribution is 0.461. The Kier molecular flexibility index (Phi) is 2.83. The molecule has 0 atom stereocenters. The Hall–Kier alpha value is 0.310. The van der Waals surface area contributed by atoms with E-state index < -0.39 is 10.3 Å². The molecule has 1 nitrogen and oxygen atoms in total. The zero-order valence-corrected chi connectivity index (χ0v) is 8.75. The Balaban J connectivity index is 4.40. The first kappa shape index (κ1) is 10.3. The number of hydrogen-bond donors (Lipinski definition) is 1. The summed E-state index contributed by atoms with van der Waals surface area (Å²) in [5, 5.41) is 0. The van der Waals surface area contributed by atoms with Crippen molar-refractivity contribution in [2.45, 2.75) is 32.4 Å². The van der Waals surface area contributed by atoms with Crippen LogP contribution in [0.2, 0.25) is 0 Å². The van der Waals surface area contributed by atoms with Crippen LogP contribution in [-0.4, -0.2) is 21.8 Å². The molecular weight excluding hydrogens is 144 g/mol. The Morgan fingerprint density at radius 2 is 1.50 bits per heavy atom. The fraction of sp³-hybridized carbons (Fsp3) is 1.00. The summed E-state index contributed by atoms with van der Waals surface area (Å²) >= 11 is 0. The lowest BCUT2D eigenvalue weighted by Crippen LogP contribution is -2.32. The van der Waals surface area contributed by atoms with Gasteiger partial charge < -0.3 is 4.55 Å². The largest absolute Gasteiger partial charge is 0.351 e. The van der Waals surface area contributed by atoms with Crippen molar-refractivity contribution in [1.82, 2.24) is 0 Å². The molecule has 0 heterocycles. The maximum absolute atomic E-state index is 9.80. The lowest BCUT2D eigenvalue weighted by atomic mass is 10.00. The van der Waals surface area contributed by atoms with Crippen LogP contribution in [0, 0.1) is 5.92 Å². The van der Waals surface area contributed by atoms with E-state index in [4.69, 9.17) is 0 Å². The van der Waals surface area contributed by atoms with Crippen molar-refractivity contribution in [1.29, 1.82) is 0 Å². The van der Waals surface area contributed by atoms with Gasteiger partial charge in [-0.15, -0.1) is 10.3 Å². The van der Waals surface area contributed by atoms with Crippen molar-refractivity contribution >= 4 is 10.3 Å². The van der Waals surface area contributed by atoms with Gasteiger partial charge in [-0.2, -0.15) is 0 Å². The molecule has 0 aliphatic heterocycles. The average Bonchev–Trinajstić information content (AvgIpc) is 1.62. The third-order valence-corrected chi connectivity index (χ3v) is 5.72. The van der Waals surface area contributed by atoms with Crippen molar-refractivity contribution in [3.63, 3.8) is 0 Å². The third kappa shape index (κ3) is 1.89. The summed E-state index contributed by atoms with van der Waals surface area (Å²) < 4.78 is 9.88. The molecule has 1 N–H and O–H groups in total. The molecule has 0 unspecified atom stereocenters. The molecule has 0 spiro atoms. The second kappa shape index (κ2) is 2.74. The van der Waals surface area contributed by atoms with E-state index in [0.29, 0.717) is 5.92 Å². The average molecular weight is 164 g/mol. The zero-order valence-electron chi connectivity index (χ0n) is 7.93. The zero-order chi connectivity index (χ0) is 8.58. The Morgan fingerprint density at radius 3 is 1.50 bits per heavy atom. The minimum absolute atomic E-state index is 0.0764. The standard InChI is InChI=1S/C8H20OS/c1-7(2)8(3,4)10(5,6)9/h7,9H,1-6H3. The van der Waals surface area contributed by atoms with E-state index in [0.717, 1.165) is 0 Å². The van der Waals surface area contributed by atoms with Gasteiger partial charge in [0.25, 0.3) is 0 Å². The normalized spacial score (nSPS) is 16.0. The van der Waals surface area contributed by atoms with Crippen LogP contribution < -0.4 is 0 Å². The first-order chi connectivity index (χ1) is 4.19. The quantitative estimate of drug-likeness (QED) is 0.665. The van der Waals surface area contributed by atoms with Gasteiger partial charge >= 0.3 is 0 Å². The molecule has 0 aromatic rings. The van der Waals surface area contributed by atoms with Crippen molar-refractivity contribution < 1.29 is 4.55 Å². The van der Waals surface area contributed by atoms with Crippen molar-refractivity contribution in [2.24, 2.45) is 5.92 Å². The SMILES string of the molecule is CC(C)C(C)(C)S(C)(C)O. The molecule has 0 saturated heterocycles. The molecule has 64 valence electrons. The molecule has 0 bridgehead atoms. The van der Waals surface area contributed by atoms with Crippen molar-refractivity contribution in [2.75, 3.05) is 12.5 Å². The Bertz CT molecular complexity index is 111. The fourth-order valence-corrected chi connectivity index (χ4v) is 1.73. The monoisotopic (exact) mass is 164 g/mol. The first-order valence-electron chi connectivity index (χ1n) is 3.65. The molecule has 0 aromatic heterocycles. The molecule has 0 aliphatic carbocycles. The van der Waals surface area contributed by atoms with Crippen LogP contribution >= 0.6 is 10.3 Å². The van der Waals surface area contributed by atoms with Crippen LogP contribution in [0.3, 0.4) is 0 Å². The maximum atomic E-state index is 9.80. The third-order valence-electron chi connectivity index (χ3n) is 2.68. The minimum Gasteiger partial charge on any atom is -0.351 e. The molecule has 0 radical (unpaired) electrons. The molecule has 0 aromatic carbocycles. The van der Waals surface area contributed by atoms with E-state index in [9.17, 15) is 4.55 Å². The molecule has 0 fully saturated rings. The number of hydrogen-bond acceptors (Lipinski definition) is 1. The predicted molar refractivity (Wildman–Crippen MR) is 51.0 cm³/mol. The highest BCUT2D eigenvalue weighted by molar-refractivity contribution is 8.29. The Labute approximate surface area is 66.4 Å². The van der Waals surface area contributed by atoms with Gasteiger partial charge in [0.1, 0.15) is 0 Å². The first-order valence-corrected chi connectivity index (χ1v) is 6.05. The summed E-state index contributed by atoms with van der Waals surface area (Å²) in [6.07, 6.45) is 3.90. The molecule has 0 amide bonds. The van der Waals surface area contributed by atoms with E-state index in [1.165, 1.54) is 0 Å². The smallest absolute Gasteiger partial charge is 0.0175 e. The minimum atomic E-state index is -1.40. The summed E-state index contributed by atoms with van der Waals surface area (Å²) in [5.41, 5.74) is 0. The number of rotatable bonds is 2. The van der Waals surface area contributed by atoms with Crippen molar-refractivity contribution in [3.8, 4) is 0 Å². The van der Waals surface area contributed by atoms with Gasteiger partial charge in [0.05, 0.1) is 0 Å². The molecule has 2 heteroatoms. The van der Waals surface area contributed by atoms with Gasteiger partial charge in [-0.3, -0.25) is 0 Å². The van der Waals surface area contributed by atoms with Gasteiger partial charge in [-0.25, -0.2) is 0 Å². The summed E-state index contributed by atoms with van der Waals surface area (Å²) in [6, 6.07) is 0. The molecular formula is C8H20OS. The topological polar surface area (TPSA) is 20.2 Å². The van der Waals surface area contributed by atoms with E-state index in [2.05, 4.69) is 27.7 Å². The highest BCUT2D eigenvalue weighted by Crippen LogP contribution is 2.52. The Morgan fingerprint density at radius 1 is 1.20 bits per heavy atom. The predicted octanol–water partition coefficient (Wildman–Crippen LogP) is 2.96. The fourth-order valence-electron chi connectivity index (χ4n) is 0.577. The van der Waals surface area contributed by atoms with E-state index in [-0.39, 0.29) is 4.75 Å². The second-order valence-corrected chi connectivity index (χ2v) is 7.63.